The number of rotatable bonds is 5. The molecule has 5 heteroatoms. The molecule has 0 aliphatic carbocycles. The summed E-state index contributed by atoms with van der Waals surface area (Å²) in [5, 5.41) is 0. The van der Waals surface area contributed by atoms with Crippen LogP contribution in [-0.2, 0) is 9.74 Å². The molecule has 3 atom stereocenters. The van der Waals surface area contributed by atoms with Crippen LogP contribution >= 0.6 is 0 Å². The Balaban J connectivity index is 2.81. The first-order valence-electron chi connectivity index (χ1n) is 5.27. The second-order valence-electron chi connectivity index (χ2n) is 3.67. The molecule has 94 valence electrons. The highest BCUT2D eigenvalue weighted by Crippen LogP contribution is 2.30. The van der Waals surface area contributed by atoms with Crippen LogP contribution in [0.4, 0.5) is 13.3 Å². The SMILES string of the molecule is CCC(C(=O)OF)C(F)C(F)c1ccccc1. The molecule has 0 heterocycles. The van der Waals surface area contributed by atoms with Crippen LogP contribution in [0.25, 0.3) is 0 Å². The van der Waals surface area contributed by atoms with Crippen molar-refractivity contribution >= 4 is 5.97 Å². The third kappa shape index (κ3) is 3.22. The van der Waals surface area contributed by atoms with Gasteiger partial charge in [0.25, 0.3) is 0 Å². The van der Waals surface area contributed by atoms with Crippen molar-refractivity contribution in [2.24, 2.45) is 5.92 Å². The number of carbonyl (C=O) groups excluding carboxylic acids is 1. The Morgan fingerprint density at radius 1 is 1.29 bits per heavy atom. The highest BCUT2D eigenvalue weighted by molar-refractivity contribution is 5.72. The Morgan fingerprint density at radius 3 is 2.35 bits per heavy atom. The van der Waals surface area contributed by atoms with E-state index in [-0.39, 0.29) is 12.0 Å². The van der Waals surface area contributed by atoms with Gasteiger partial charge in [-0.2, -0.15) is 0 Å². The molecule has 1 aromatic carbocycles. The van der Waals surface area contributed by atoms with Crippen LogP contribution in [-0.4, -0.2) is 12.1 Å². The molecule has 0 aliphatic heterocycles. The number of benzene rings is 1. The third-order valence-electron chi connectivity index (χ3n) is 2.60. The molecule has 1 rings (SSSR count). The first kappa shape index (κ1) is 13.5. The standard InChI is InChI=1S/C12H13F3O2/c1-2-9(12(16)17-15)11(14)10(13)8-6-4-3-5-7-8/h3-7,9-11H,2H2,1H3. The van der Waals surface area contributed by atoms with Crippen LogP contribution in [0.3, 0.4) is 0 Å². The molecule has 0 aromatic heterocycles. The van der Waals surface area contributed by atoms with Gasteiger partial charge in [0.05, 0.1) is 5.92 Å². The lowest BCUT2D eigenvalue weighted by molar-refractivity contribution is -0.192. The zero-order valence-electron chi connectivity index (χ0n) is 9.28. The van der Waals surface area contributed by atoms with Gasteiger partial charge in [-0.1, -0.05) is 37.3 Å². The molecule has 0 fully saturated rings. The predicted molar refractivity (Wildman–Crippen MR) is 56.2 cm³/mol. The molecule has 3 unspecified atom stereocenters. The molecule has 17 heavy (non-hydrogen) atoms. The largest absolute Gasteiger partial charge is 0.354 e. The second kappa shape index (κ2) is 6.27. The molecule has 2 nitrogen and oxygen atoms in total. The zero-order valence-corrected chi connectivity index (χ0v) is 9.28. The molecule has 0 saturated heterocycles. The number of alkyl halides is 2. The van der Waals surface area contributed by atoms with Crippen LogP contribution < -0.4 is 0 Å². The van der Waals surface area contributed by atoms with Crippen molar-refractivity contribution < 1.29 is 23.0 Å². The number of halogens is 3. The van der Waals surface area contributed by atoms with Crippen LogP contribution in [0.1, 0.15) is 25.1 Å². The fraction of sp³-hybridized carbons (Fsp3) is 0.417. The average molecular weight is 246 g/mol. The molecular formula is C12H13F3O2. The molecule has 0 aliphatic rings. The van der Waals surface area contributed by atoms with Crippen LogP contribution in [0.15, 0.2) is 30.3 Å². The summed E-state index contributed by atoms with van der Waals surface area (Å²) in [5.74, 6) is -2.81. The van der Waals surface area contributed by atoms with Crippen molar-refractivity contribution in [2.75, 3.05) is 0 Å². The Bertz CT molecular complexity index is 356. The summed E-state index contributed by atoms with van der Waals surface area (Å²) in [6, 6.07) is 7.60. The van der Waals surface area contributed by atoms with Crippen molar-refractivity contribution in [1.29, 1.82) is 0 Å². The van der Waals surface area contributed by atoms with E-state index in [2.05, 4.69) is 4.94 Å². The first-order valence-corrected chi connectivity index (χ1v) is 5.27. The van der Waals surface area contributed by atoms with Crippen molar-refractivity contribution in [3.63, 3.8) is 0 Å². The van der Waals surface area contributed by atoms with Crippen LogP contribution in [0.5, 0.6) is 0 Å². The Hall–Kier alpha value is -1.52. The van der Waals surface area contributed by atoms with E-state index < -0.39 is 24.2 Å². The van der Waals surface area contributed by atoms with Crippen molar-refractivity contribution in [3.05, 3.63) is 35.9 Å². The van der Waals surface area contributed by atoms with E-state index in [1.54, 1.807) is 18.2 Å². The molecular weight excluding hydrogens is 233 g/mol. The molecule has 0 spiro atoms. The summed E-state index contributed by atoms with van der Waals surface area (Å²) in [7, 11) is 0. The second-order valence-corrected chi connectivity index (χ2v) is 3.67. The fourth-order valence-electron chi connectivity index (χ4n) is 1.60. The van der Waals surface area contributed by atoms with Crippen molar-refractivity contribution in [1.82, 2.24) is 0 Å². The maximum Gasteiger partial charge on any atom is 0.354 e. The lowest BCUT2D eigenvalue weighted by Crippen LogP contribution is -2.28. The van der Waals surface area contributed by atoms with E-state index in [9.17, 15) is 18.1 Å². The van der Waals surface area contributed by atoms with Crippen LogP contribution in [0.2, 0.25) is 0 Å². The van der Waals surface area contributed by atoms with E-state index in [1.807, 2.05) is 0 Å². The van der Waals surface area contributed by atoms with Gasteiger partial charge in [0.2, 0.25) is 0 Å². The topological polar surface area (TPSA) is 26.3 Å². The van der Waals surface area contributed by atoms with E-state index >= 15 is 0 Å². The Kier molecular flexibility index (Phi) is 5.00. The van der Waals surface area contributed by atoms with Gasteiger partial charge < -0.3 is 0 Å². The quantitative estimate of drug-likeness (QED) is 0.794. The minimum absolute atomic E-state index is 0.0306. The highest BCUT2D eigenvalue weighted by Gasteiger charge is 2.36. The number of hydrogen-bond donors (Lipinski definition) is 0. The minimum Gasteiger partial charge on any atom is -0.254 e. The summed E-state index contributed by atoms with van der Waals surface area (Å²) in [4.78, 5) is 13.9. The highest BCUT2D eigenvalue weighted by atomic mass is 19.3. The normalized spacial score (nSPS) is 16.0. The summed E-state index contributed by atoms with van der Waals surface area (Å²) >= 11 is 0. The summed E-state index contributed by atoms with van der Waals surface area (Å²) in [6.07, 6.45) is -4.12. The Labute approximate surface area is 97.3 Å². The zero-order chi connectivity index (χ0) is 12.8. The molecule has 0 amide bonds. The lowest BCUT2D eigenvalue weighted by atomic mass is 9.94. The fourth-order valence-corrected chi connectivity index (χ4v) is 1.60. The lowest BCUT2D eigenvalue weighted by Gasteiger charge is -2.19. The number of hydrogen-bond acceptors (Lipinski definition) is 2. The van der Waals surface area contributed by atoms with Crippen molar-refractivity contribution in [3.8, 4) is 0 Å². The van der Waals surface area contributed by atoms with Gasteiger partial charge in [-0.3, -0.25) is 4.94 Å². The van der Waals surface area contributed by atoms with Gasteiger partial charge in [0.15, 0.2) is 6.17 Å². The van der Waals surface area contributed by atoms with E-state index in [0.29, 0.717) is 0 Å². The number of carbonyl (C=O) groups is 1. The van der Waals surface area contributed by atoms with Gasteiger partial charge >= 0.3 is 5.97 Å². The molecule has 0 bridgehead atoms. The van der Waals surface area contributed by atoms with E-state index in [4.69, 9.17) is 0 Å². The van der Waals surface area contributed by atoms with Gasteiger partial charge in [0.1, 0.15) is 6.17 Å². The van der Waals surface area contributed by atoms with Gasteiger partial charge in [-0.05, 0) is 12.0 Å². The molecule has 0 N–H and O–H groups in total. The van der Waals surface area contributed by atoms with Gasteiger partial charge in [0, 0.05) is 4.53 Å². The molecule has 1 aromatic rings. The Morgan fingerprint density at radius 2 is 1.88 bits per heavy atom. The maximum absolute atomic E-state index is 13.8. The smallest absolute Gasteiger partial charge is 0.254 e. The van der Waals surface area contributed by atoms with E-state index in [0.717, 1.165) is 0 Å². The van der Waals surface area contributed by atoms with Crippen molar-refractivity contribution in [2.45, 2.75) is 25.7 Å². The summed E-state index contributed by atoms with van der Waals surface area (Å²) < 4.78 is 39.2. The average Bonchev–Trinajstić information content (AvgIpc) is 2.39. The van der Waals surface area contributed by atoms with E-state index in [1.165, 1.54) is 19.1 Å². The monoisotopic (exact) mass is 246 g/mol. The molecule has 0 saturated carbocycles. The molecule has 0 radical (unpaired) electrons. The van der Waals surface area contributed by atoms with Crippen LogP contribution in [0, 0.1) is 5.92 Å². The maximum atomic E-state index is 13.8. The summed E-state index contributed by atoms with van der Waals surface area (Å²) in [5.41, 5.74) is 0.116. The first-order chi connectivity index (χ1) is 8.11. The predicted octanol–water partition coefficient (Wildman–Crippen LogP) is 3.49. The minimum atomic E-state index is -2.12. The summed E-state index contributed by atoms with van der Waals surface area (Å²) in [6.45, 7) is 1.46. The van der Waals surface area contributed by atoms with Gasteiger partial charge in [-0.25, -0.2) is 13.6 Å². The van der Waals surface area contributed by atoms with Gasteiger partial charge in [-0.15, -0.1) is 0 Å². The third-order valence-corrected chi connectivity index (χ3v) is 2.60.